The molecule has 0 saturated carbocycles. The van der Waals surface area contributed by atoms with Gasteiger partial charge >= 0.3 is 18.0 Å². The minimum atomic E-state index is -1.18. The van der Waals surface area contributed by atoms with Crippen LogP contribution in [0.2, 0.25) is 0 Å². The fourth-order valence-electron chi connectivity index (χ4n) is 4.89. The monoisotopic (exact) mass is 603 g/mol. The number of hydrogen-bond donors (Lipinski definition) is 5. The van der Waals surface area contributed by atoms with Gasteiger partial charge in [-0.25, -0.2) is 9.59 Å². The minimum Gasteiger partial charge on any atom is -0.480 e. The molecule has 0 radical (unpaired) electrons. The van der Waals surface area contributed by atoms with Crippen LogP contribution in [0.1, 0.15) is 72.3 Å². The standard InChI is InChI=1S/C31H49N5O7/c1-6-21(5)27(29(39)32-7-2)35-28(38)24(33-31(42)34-25(30(40)41)17-20(3)4)18-22-11-13-23(14-12-22)43-26(37)19-36-15-9-8-10-16-36/h11-14,20-21,24-25,27H,6-10,15-19H2,1-5H3,(H,32,39)(H,35,38)(H,40,41)(H2,33,34,42). The Morgan fingerprint density at radius 2 is 1.51 bits per heavy atom. The van der Waals surface area contributed by atoms with Crippen LogP contribution < -0.4 is 26.0 Å². The molecule has 1 saturated heterocycles. The molecule has 0 spiro atoms. The Kier molecular flexibility index (Phi) is 15.0. The van der Waals surface area contributed by atoms with Crippen molar-refractivity contribution < 1.29 is 33.8 Å². The number of amides is 4. The number of aliphatic carboxylic acids is 1. The zero-order valence-electron chi connectivity index (χ0n) is 26.1. The molecule has 240 valence electrons. The zero-order chi connectivity index (χ0) is 31.9. The van der Waals surface area contributed by atoms with Crippen LogP contribution in [0, 0.1) is 11.8 Å². The molecule has 2 rings (SSSR count). The number of ether oxygens (including phenoxy) is 1. The Balaban J connectivity index is 2.17. The Bertz CT molecular complexity index is 1070. The van der Waals surface area contributed by atoms with Crippen LogP contribution in [0.5, 0.6) is 5.75 Å². The average Bonchev–Trinajstić information content (AvgIpc) is 2.96. The Morgan fingerprint density at radius 3 is 2.07 bits per heavy atom. The molecule has 1 aliphatic rings. The lowest BCUT2D eigenvalue weighted by Gasteiger charge is -2.27. The second-order valence-electron chi connectivity index (χ2n) is 11.6. The van der Waals surface area contributed by atoms with Gasteiger partial charge in [0, 0.05) is 13.0 Å². The second-order valence-corrected chi connectivity index (χ2v) is 11.6. The van der Waals surface area contributed by atoms with E-state index in [1.54, 1.807) is 31.2 Å². The first kappa shape index (κ1) is 35.5. The quantitative estimate of drug-likeness (QED) is 0.142. The van der Waals surface area contributed by atoms with Crippen molar-refractivity contribution in [2.24, 2.45) is 11.8 Å². The van der Waals surface area contributed by atoms with Gasteiger partial charge in [-0.3, -0.25) is 19.3 Å². The van der Waals surface area contributed by atoms with Crippen molar-refractivity contribution >= 4 is 29.8 Å². The van der Waals surface area contributed by atoms with E-state index >= 15 is 0 Å². The second kappa shape index (κ2) is 18.1. The fraction of sp³-hybridized carbons (Fsp3) is 0.645. The lowest BCUT2D eigenvalue weighted by molar-refractivity contribution is -0.139. The van der Waals surface area contributed by atoms with Crippen LogP contribution in [0.3, 0.4) is 0 Å². The summed E-state index contributed by atoms with van der Waals surface area (Å²) in [6, 6.07) is 2.74. The molecule has 1 aromatic carbocycles. The first-order valence-corrected chi connectivity index (χ1v) is 15.3. The van der Waals surface area contributed by atoms with Crippen molar-refractivity contribution in [2.75, 3.05) is 26.2 Å². The highest BCUT2D eigenvalue weighted by atomic mass is 16.5. The van der Waals surface area contributed by atoms with Gasteiger partial charge in [-0.2, -0.15) is 0 Å². The van der Waals surface area contributed by atoms with Crippen LogP contribution in [-0.4, -0.2) is 84.1 Å². The van der Waals surface area contributed by atoms with E-state index in [-0.39, 0.29) is 43.1 Å². The molecule has 1 heterocycles. The summed E-state index contributed by atoms with van der Waals surface area (Å²) in [4.78, 5) is 65.3. The molecule has 12 heteroatoms. The van der Waals surface area contributed by atoms with E-state index in [1.807, 2.05) is 27.7 Å². The minimum absolute atomic E-state index is 0.0151. The number of carboxylic acid groups (broad SMARTS) is 1. The van der Waals surface area contributed by atoms with E-state index in [1.165, 1.54) is 6.42 Å². The van der Waals surface area contributed by atoms with Gasteiger partial charge in [0.2, 0.25) is 11.8 Å². The Labute approximate surface area is 254 Å². The summed E-state index contributed by atoms with van der Waals surface area (Å²) in [5.41, 5.74) is 0.659. The fourth-order valence-corrected chi connectivity index (χ4v) is 4.89. The maximum atomic E-state index is 13.5. The summed E-state index contributed by atoms with van der Waals surface area (Å²) in [5.74, 6) is -2.23. The summed E-state index contributed by atoms with van der Waals surface area (Å²) in [5, 5.41) is 20.1. The molecule has 5 N–H and O–H groups in total. The molecule has 4 atom stereocenters. The van der Waals surface area contributed by atoms with Crippen LogP contribution in [0.15, 0.2) is 24.3 Å². The summed E-state index contributed by atoms with van der Waals surface area (Å²) < 4.78 is 5.49. The van der Waals surface area contributed by atoms with E-state index in [9.17, 15) is 29.1 Å². The van der Waals surface area contributed by atoms with Gasteiger partial charge in [0.15, 0.2) is 0 Å². The van der Waals surface area contributed by atoms with Crippen LogP contribution in [-0.2, 0) is 25.6 Å². The smallest absolute Gasteiger partial charge is 0.326 e. The van der Waals surface area contributed by atoms with Gasteiger partial charge in [-0.05, 0) is 68.8 Å². The SMILES string of the molecule is CCNC(=O)C(NC(=O)C(Cc1ccc(OC(=O)CN2CCCCC2)cc1)NC(=O)NC(CC(C)C)C(=O)O)C(C)CC. The topological polar surface area (TPSA) is 166 Å². The lowest BCUT2D eigenvalue weighted by atomic mass is 9.97. The number of nitrogens with zero attached hydrogens (tertiary/aromatic N) is 1. The van der Waals surface area contributed by atoms with Crippen LogP contribution >= 0.6 is 0 Å². The molecular formula is C31H49N5O7. The van der Waals surface area contributed by atoms with E-state index in [2.05, 4.69) is 26.2 Å². The molecule has 4 amide bonds. The number of rotatable bonds is 16. The maximum Gasteiger partial charge on any atom is 0.326 e. The summed E-state index contributed by atoms with van der Waals surface area (Å²) in [6.07, 6.45) is 4.20. The molecule has 0 aliphatic carbocycles. The van der Waals surface area contributed by atoms with Crippen molar-refractivity contribution in [2.45, 2.75) is 91.3 Å². The molecule has 12 nitrogen and oxygen atoms in total. The highest BCUT2D eigenvalue weighted by Crippen LogP contribution is 2.16. The van der Waals surface area contributed by atoms with Gasteiger partial charge in [0.05, 0.1) is 6.54 Å². The number of carbonyl (C=O) groups is 5. The number of carbonyl (C=O) groups excluding carboxylic acids is 4. The molecule has 4 unspecified atom stereocenters. The number of likely N-dealkylation sites (tertiary alicyclic amines) is 1. The zero-order valence-corrected chi connectivity index (χ0v) is 26.1. The third-order valence-corrected chi connectivity index (χ3v) is 7.47. The van der Waals surface area contributed by atoms with Gasteiger partial charge in [0.25, 0.3) is 0 Å². The Hall–Kier alpha value is -3.67. The number of hydrogen-bond acceptors (Lipinski definition) is 7. The first-order chi connectivity index (χ1) is 20.4. The summed E-state index contributed by atoms with van der Waals surface area (Å²) in [6.45, 7) is 11.6. The summed E-state index contributed by atoms with van der Waals surface area (Å²) in [7, 11) is 0. The normalized spacial score (nSPS) is 16.3. The highest BCUT2D eigenvalue weighted by molar-refractivity contribution is 5.92. The van der Waals surface area contributed by atoms with E-state index in [0.717, 1.165) is 25.9 Å². The highest BCUT2D eigenvalue weighted by Gasteiger charge is 2.31. The third-order valence-electron chi connectivity index (χ3n) is 7.47. The van der Waals surface area contributed by atoms with E-state index in [0.29, 0.717) is 24.3 Å². The van der Waals surface area contributed by atoms with Crippen molar-refractivity contribution in [1.82, 2.24) is 26.2 Å². The van der Waals surface area contributed by atoms with E-state index in [4.69, 9.17) is 4.74 Å². The maximum absolute atomic E-state index is 13.5. The number of piperidine rings is 1. The number of nitrogens with one attached hydrogen (secondary N) is 4. The predicted octanol–water partition coefficient (Wildman–Crippen LogP) is 2.45. The molecule has 43 heavy (non-hydrogen) atoms. The average molecular weight is 604 g/mol. The molecule has 0 aromatic heterocycles. The number of urea groups is 1. The third kappa shape index (κ3) is 12.6. The van der Waals surface area contributed by atoms with Crippen LogP contribution in [0.4, 0.5) is 4.79 Å². The van der Waals surface area contributed by atoms with Crippen molar-refractivity contribution in [3.8, 4) is 5.75 Å². The Morgan fingerprint density at radius 1 is 0.884 bits per heavy atom. The number of likely N-dealkylation sites (N-methyl/N-ethyl adjacent to an activating group) is 1. The van der Waals surface area contributed by atoms with Crippen molar-refractivity contribution in [1.29, 1.82) is 0 Å². The van der Waals surface area contributed by atoms with Gasteiger partial charge < -0.3 is 31.1 Å². The summed E-state index contributed by atoms with van der Waals surface area (Å²) >= 11 is 0. The lowest BCUT2D eigenvalue weighted by Crippen LogP contribution is -2.58. The predicted molar refractivity (Wildman–Crippen MR) is 162 cm³/mol. The largest absolute Gasteiger partial charge is 0.480 e. The van der Waals surface area contributed by atoms with Crippen molar-refractivity contribution in [3.63, 3.8) is 0 Å². The van der Waals surface area contributed by atoms with Gasteiger partial charge in [-0.15, -0.1) is 0 Å². The molecular weight excluding hydrogens is 554 g/mol. The first-order valence-electron chi connectivity index (χ1n) is 15.3. The van der Waals surface area contributed by atoms with E-state index < -0.39 is 36.0 Å². The number of carboxylic acids is 1. The number of esters is 1. The van der Waals surface area contributed by atoms with Gasteiger partial charge in [0.1, 0.15) is 23.9 Å². The van der Waals surface area contributed by atoms with Crippen LogP contribution in [0.25, 0.3) is 0 Å². The molecule has 1 aromatic rings. The molecule has 1 aliphatic heterocycles. The molecule has 0 bridgehead atoms. The number of benzene rings is 1. The van der Waals surface area contributed by atoms with Gasteiger partial charge in [-0.1, -0.05) is 52.7 Å². The van der Waals surface area contributed by atoms with Crippen molar-refractivity contribution in [3.05, 3.63) is 29.8 Å². The molecule has 1 fully saturated rings.